The zero-order valence-corrected chi connectivity index (χ0v) is 12.3. The standard InChI is InChI=1S/C14H23N5O2/c1-16-13(20)9-19-8-11(7-17-19)18-14(21)12-5-3-2-4-10(12)6-15/h7-8,10,12H,2-6,9,15H2,1H3,(H,16,20)(H,18,21). The minimum atomic E-state index is -0.133. The van der Waals surface area contributed by atoms with Crippen molar-refractivity contribution < 1.29 is 9.59 Å². The molecule has 0 aromatic carbocycles. The van der Waals surface area contributed by atoms with Gasteiger partial charge in [-0.25, -0.2) is 0 Å². The predicted molar refractivity (Wildman–Crippen MR) is 79.4 cm³/mol. The van der Waals surface area contributed by atoms with Gasteiger partial charge in [-0.05, 0) is 25.3 Å². The number of anilines is 1. The van der Waals surface area contributed by atoms with Crippen molar-refractivity contribution in [3.8, 4) is 0 Å². The molecule has 4 N–H and O–H groups in total. The Morgan fingerprint density at radius 2 is 2.19 bits per heavy atom. The number of nitrogens with zero attached hydrogens (tertiary/aromatic N) is 2. The van der Waals surface area contributed by atoms with Crippen LogP contribution in [0.25, 0.3) is 0 Å². The van der Waals surface area contributed by atoms with E-state index in [1.54, 1.807) is 19.4 Å². The van der Waals surface area contributed by atoms with Crippen molar-refractivity contribution in [1.82, 2.24) is 15.1 Å². The van der Waals surface area contributed by atoms with Crippen molar-refractivity contribution in [2.45, 2.75) is 32.2 Å². The summed E-state index contributed by atoms with van der Waals surface area (Å²) >= 11 is 0. The van der Waals surface area contributed by atoms with E-state index in [1.807, 2.05) is 0 Å². The van der Waals surface area contributed by atoms with Gasteiger partial charge in [-0.1, -0.05) is 12.8 Å². The Hall–Kier alpha value is -1.89. The summed E-state index contributed by atoms with van der Waals surface area (Å²) in [6.45, 7) is 0.690. The van der Waals surface area contributed by atoms with E-state index in [0.29, 0.717) is 12.2 Å². The van der Waals surface area contributed by atoms with Crippen LogP contribution in [0.15, 0.2) is 12.4 Å². The molecule has 7 nitrogen and oxygen atoms in total. The maximum Gasteiger partial charge on any atom is 0.241 e. The maximum atomic E-state index is 12.3. The highest BCUT2D eigenvalue weighted by Gasteiger charge is 2.30. The van der Waals surface area contributed by atoms with Gasteiger partial charge < -0.3 is 16.4 Å². The second-order valence-corrected chi connectivity index (χ2v) is 5.48. The number of likely N-dealkylation sites (N-methyl/N-ethyl adjacent to an activating group) is 1. The van der Waals surface area contributed by atoms with Crippen LogP contribution in [0, 0.1) is 11.8 Å². The third-order valence-corrected chi connectivity index (χ3v) is 4.03. The highest BCUT2D eigenvalue weighted by molar-refractivity contribution is 5.92. The largest absolute Gasteiger partial charge is 0.358 e. The molecule has 2 atom stereocenters. The molecule has 1 aromatic rings. The predicted octanol–water partition coefficient (Wildman–Crippen LogP) is 0.333. The fraction of sp³-hybridized carbons (Fsp3) is 0.643. The second-order valence-electron chi connectivity index (χ2n) is 5.48. The number of amides is 2. The monoisotopic (exact) mass is 293 g/mol. The third kappa shape index (κ3) is 4.04. The molecule has 1 fully saturated rings. The molecule has 116 valence electrons. The van der Waals surface area contributed by atoms with Crippen LogP contribution in [0.5, 0.6) is 0 Å². The Kier molecular flexibility index (Phi) is 5.32. The lowest BCUT2D eigenvalue weighted by atomic mass is 9.79. The van der Waals surface area contributed by atoms with Crippen molar-refractivity contribution in [3.63, 3.8) is 0 Å². The van der Waals surface area contributed by atoms with Gasteiger partial charge in [-0.3, -0.25) is 14.3 Å². The quantitative estimate of drug-likeness (QED) is 0.728. The highest BCUT2D eigenvalue weighted by Crippen LogP contribution is 2.30. The average Bonchev–Trinajstić information content (AvgIpc) is 2.93. The van der Waals surface area contributed by atoms with Gasteiger partial charge in [0.2, 0.25) is 11.8 Å². The zero-order valence-electron chi connectivity index (χ0n) is 12.3. The summed E-state index contributed by atoms with van der Waals surface area (Å²) in [5.41, 5.74) is 6.37. The molecule has 1 aliphatic rings. The summed E-state index contributed by atoms with van der Waals surface area (Å²) in [5.74, 6) is 0.113. The van der Waals surface area contributed by atoms with E-state index >= 15 is 0 Å². The molecule has 0 spiro atoms. The van der Waals surface area contributed by atoms with Crippen LogP contribution in [-0.2, 0) is 16.1 Å². The van der Waals surface area contributed by atoms with Crippen molar-refractivity contribution in [1.29, 1.82) is 0 Å². The number of nitrogens with two attached hydrogens (primary N) is 1. The highest BCUT2D eigenvalue weighted by atomic mass is 16.2. The number of aromatic nitrogens is 2. The van der Waals surface area contributed by atoms with Gasteiger partial charge in [-0.2, -0.15) is 5.10 Å². The molecule has 0 bridgehead atoms. The van der Waals surface area contributed by atoms with E-state index in [0.717, 1.165) is 25.7 Å². The van der Waals surface area contributed by atoms with Crippen LogP contribution in [0.2, 0.25) is 0 Å². The Balaban J connectivity index is 1.94. The number of nitrogens with one attached hydrogen (secondary N) is 2. The van der Waals surface area contributed by atoms with Crippen molar-refractivity contribution in [2.75, 3.05) is 18.9 Å². The first-order valence-corrected chi connectivity index (χ1v) is 7.38. The van der Waals surface area contributed by atoms with Gasteiger partial charge in [-0.15, -0.1) is 0 Å². The summed E-state index contributed by atoms with van der Waals surface area (Å²) in [5, 5.41) is 9.46. The first-order chi connectivity index (χ1) is 10.1. The minimum Gasteiger partial charge on any atom is -0.358 e. The Morgan fingerprint density at radius 3 is 2.90 bits per heavy atom. The van der Waals surface area contributed by atoms with Crippen molar-refractivity contribution in [2.24, 2.45) is 17.6 Å². The second kappa shape index (κ2) is 7.21. The summed E-state index contributed by atoms with van der Waals surface area (Å²) in [7, 11) is 1.57. The zero-order chi connectivity index (χ0) is 15.2. The summed E-state index contributed by atoms with van der Waals surface area (Å²) in [6.07, 6.45) is 7.35. The summed E-state index contributed by atoms with van der Waals surface area (Å²) < 4.78 is 1.50. The average molecular weight is 293 g/mol. The molecular formula is C14H23N5O2. The lowest BCUT2D eigenvalue weighted by Crippen LogP contribution is -2.35. The molecule has 1 saturated carbocycles. The van der Waals surface area contributed by atoms with E-state index in [2.05, 4.69) is 15.7 Å². The van der Waals surface area contributed by atoms with Gasteiger partial charge in [0.05, 0.1) is 11.9 Å². The van der Waals surface area contributed by atoms with Crippen LogP contribution >= 0.6 is 0 Å². The molecule has 2 rings (SSSR count). The fourth-order valence-corrected chi connectivity index (χ4v) is 2.81. The SMILES string of the molecule is CNC(=O)Cn1cc(NC(=O)C2CCCCC2CN)cn1. The molecule has 0 radical (unpaired) electrons. The summed E-state index contributed by atoms with van der Waals surface area (Å²) in [6, 6.07) is 0. The molecule has 1 aromatic heterocycles. The van der Waals surface area contributed by atoms with Crippen molar-refractivity contribution in [3.05, 3.63) is 12.4 Å². The fourth-order valence-electron chi connectivity index (χ4n) is 2.81. The molecule has 2 amide bonds. The maximum absolute atomic E-state index is 12.3. The molecule has 2 unspecified atom stereocenters. The van der Waals surface area contributed by atoms with Crippen LogP contribution in [-0.4, -0.2) is 35.2 Å². The van der Waals surface area contributed by atoms with E-state index in [-0.39, 0.29) is 30.2 Å². The Bertz CT molecular complexity index is 499. The minimum absolute atomic E-state index is 0.00430. The third-order valence-electron chi connectivity index (χ3n) is 4.03. The first kappa shape index (κ1) is 15.5. The van der Waals surface area contributed by atoms with E-state index < -0.39 is 0 Å². The molecule has 0 aliphatic heterocycles. The van der Waals surface area contributed by atoms with Gasteiger partial charge >= 0.3 is 0 Å². The van der Waals surface area contributed by atoms with E-state index in [9.17, 15) is 9.59 Å². The topological polar surface area (TPSA) is 102 Å². The number of carbonyl (C=O) groups is 2. The van der Waals surface area contributed by atoms with Gasteiger partial charge in [0.15, 0.2) is 0 Å². The van der Waals surface area contributed by atoms with Gasteiger partial charge in [0.25, 0.3) is 0 Å². The Morgan fingerprint density at radius 1 is 1.43 bits per heavy atom. The van der Waals surface area contributed by atoms with Gasteiger partial charge in [0.1, 0.15) is 6.54 Å². The van der Waals surface area contributed by atoms with Crippen molar-refractivity contribution >= 4 is 17.5 Å². The number of hydrogen-bond donors (Lipinski definition) is 3. The van der Waals surface area contributed by atoms with E-state index in [4.69, 9.17) is 5.73 Å². The molecule has 1 aliphatic carbocycles. The van der Waals surface area contributed by atoms with Crippen LogP contribution < -0.4 is 16.4 Å². The van der Waals surface area contributed by atoms with E-state index in [1.165, 1.54) is 4.68 Å². The molecular weight excluding hydrogens is 270 g/mol. The lowest BCUT2D eigenvalue weighted by molar-refractivity contribution is -0.122. The molecule has 1 heterocycles. The molecule has 21 heavy (non-hydrogen) atoms. The lowest BCUT2D eigenvalue weighted by Gasteiger charge is -2.29. The molecule has 0 saturated heterocycles. The van der Waals surface area contributed by atoms with Crippen LogP contribution in [0.3, 0.4) is 0 Å². The molecule has 7 heteroatoms. The summed E-state index contributed by atoms with van der Waals surface area (Å²) in [4.78, 5) is 23.6. The number of carbonyl (C=O) groups excluding carboxylic acids is 2. The normalized spacial score (nSPS) is 21.8. The first-order valence-electron chi connectivity index (χ1n) is 7.38. The van der Waals surface area contributed by atoms with Crippen LogP contribution in [0.1, 0.15) is 25.7 Å². The van der Waals surface area contributed by atoms with Gasteiger partial charge in [0, 0.05) is 19.2 Å². The van der Waals surface area contributed by atoms with Crippen LogP contribution in [0.4, 0.5) is 5.69 Å². The number of hydrogen-bond acceptors (Lipinski definition) is 4. The Labute approximate surface area is 124 Å². The smallest absolute Gasteiger partial charge is 0.241 e. The number of rotatable bonds is 5.